The molecule has 0 bridgehead atoms. The molecule has 0 aliphatic carbocycles. The number of rotatable bonds is 8. The van der Waals surface area contributed by atoms with Crippen LogP contribution in [0.2, 0.25) is 0 Å². The highest BCUT2D eigenvalue weighted by molar-refractivity contribution is 7.98. The molecule has 0 unspecified atom stereocenters. The van der Waals surface area contributed by atoms with Crippen LogP contribution in [0.1, 0.15) is 16.1 Å². The first-order valence-electron chi connectivity index (χ1n) is 8.48. The van der Waals surface area contributed by atoms with E-state index in [0.717, 1.165) is 10.5 Å². The lowest BCUT2D eigenvalue weighted by Gasteiger charge is -2.07. The van der Waals surface area contributed by atoms with Gasteiger partial charge in [0.05, 0.1) is 0 Å². The summed E-state index contributed by atoms with van der Waals surface area (Å²) < 4.78 is 5.05. The van der Waals surface area contributed by atoms with Crippen LogP contribution < -0.4 is 10.6 Å². The predicted octanol–water partition coefficient (Wildman–Crippen LogP) is 4.27. The molecule has 1 aromatic heterocycles. The van der Waals surface area contributed by atoms with E-state index in [-0.39, 0.29) is 12.3 Å². The van der Waals surface area contributed by atoms with Crippen molar-refractivity contribution >= 4 is 45.8 Å². The van der Waals surface area contributed by atoms with Gasteiger partial charge in [0.25, 0.3) is 5.91 Å². The third-order valence-electron chi connectivity index (χ3n) is 3.69. The molecule has 0 radical (unpaired) electrons. The van der Waals surface area contributed by atoms with Crippen LogP contribution >= 0.6 is 23.1 Å². The van der Waals surface area contributed by atoms with Gasteiger partial charge in [0, 0.05) is 22.5 Å². The van der Waals surface area contributed by atoms with Gasteiger partial charge in [-0.05, 0) is 30.0 Å². The number of carbonyl (C=O) groups excluding carboxylic acids is 2. The average Bonchev–Trinajstić information content (AvgIpc) is 3.20. The van der Waals surface area contributed by atoms with Gasteiger partial charge >= 0.3 is 5.97 Å². The van der Waals surface area contributed by atoms with Gasteiger partial charge in [0.2, 0.25) is 0 Å². The molecule has 0 saturated heterocycles. The summed E-state index contributed by atoms with van der Waals surface area (Å²) in [6, 6.07) is 17.3. The molecule has 0 saturated carbocycles. The fourth-order valence-electron chi connectivity index (χ4n) is 2.33. The van der Waals surface area contributed by atoms with Crippen molar-refractivity contribution in [3.05, 3.63) is 71.2 Å². The number of carbonyl (C=O) groups is 2. The summed E-state index contributed by atoms with van der Waals surface area (Å²) in [7, 11) is 0. The Morgan fingerprint density at radius 1 is 1.14 bits per heavy atom. The number of anilines is 2. The van der Waals surface area contributed by atoms with Crippen LogP contribution in [0.5, 0.6) is 0 Å². The molecule has 0 atom stereocenters. The maximum atomic E-state index is 12.1. The van der Waals surface area contributed by atoms with E-state index in [4.69, 9.17) is 4.74 Å². The summed E-state index contributed by atoms with van der Waals surface area (Å²) in [4.78, 5) is 29.3. The second kappa shape index (κ2) is 9.91. The molecule has 3 aromatic rings. The molecule has 0 fully saturated rings. The van der Waals surface area contributed by atoms with E-state index in [0.29, 0.717) is 17.4 Å². The van der Waals surface area contributed by atoms with Gasteiger partial charge in [-0.1, -0.05) is 36.4 Å². The third kappa shape index (κ3) is 5.83. The van der Waals surface area contributed by atoms with Crippen LogP contribution in [0.25, 0.3) is 0 Å². The van der Waals surface area contributed by atoms with Crippen molar-refractivity contribution in [3.63, 3.8) is 0 Å². The number of thioether (sulfide) groups is 1. The van der Waals surface area contributed by atoms with E-state index < -0.39 is 11.9 Å². The van der Waals surface area contributed by atoms with E-state index in [1.807, 2.05) is 54.8 Å². The molecule has 6 nitrogen and oxygen atoms in total. The molecule has 0 aliphatic heterocycles. The maximum absolute atomic E-state index is 12.1. The van der Waals surface area contributed by atoms with Gasteiger partial charge in [0.1, 0.15) is 0 Å². The minimum atomic E-state index is -0.628. The maximum Gasteiger partial charge on any atom is 0.358 e. The quantitative estimate of drug-likeness (QED) is 0.424. The minimum absolute atomic E-state index is 0.178. The number of nitrogens with zero attached hydrogens (tertiary/aromatic N) is 1. The molecule has 1 amide bonds. The molecule has 3 rings (SSSR count). The van der Waals surface area contributed by atoms with Crippen LogP contribution in [0.3, 0.4) is 0 Å². The Morgan fingerprint density at radius 2 is 1.96 bits per heavy atom. The van der Waals surface area contributed by atoms with Crippen LogP contribution in [0.15, 0.2) is 64.9 Å². The van der Waals surface area contributed by atoms with Crippen molar-refractivity contribution in [2.45, 2.75) is 11.4 Å². The third-order valence-corrected chi connectivity index (χ3v) is 5.21. The summed E-state index contributed by atoms with van der Waals surface area (Å²) >= 11 is 2.89. The van der Waals surface area contributed by atoms with Gasteiger partial charge in [-0.3, -0.25) is 4.79 Å². The standard InChI is InChI=1S/C20H19N3O3S2/c1-27-16-9-5-8-15(10-16)22-18(24)12-26-19(25)17-13-28-20(23-17)21-11-14-6-3-2-4-7-14/h2-10,13H,11-12H2,1H3,(H,21,23)(H,22,24). The molecule has 8 heteroatoms. The van der Waals surface area contributed by atoms with Gasteiger partial charge in [-0.2, -0.15) is 0 Å². The molecule has 0 aliphatic rings. The Kier molecular flexibility index (Phi) is 7.05. The second-order valence-corrected chi connectivity index (χ2v) is 7.47. The SMILES string of the molecule is CSc1cccc(NC(=O)COC(=O)c2csc(NCc3ccccc3)n2)c1. The number of ether oxygens (including phenoxy) is 1. The van der Waals surface area contributed by atoms with Crippen LogP contribution in [-0.2, 0) is 16.1 Å². The lowest BCUT2D eigenvalue weighted by molar-refractivity contribution is -0.119. The number of aromatic nitrogens is 1. The van der Waals surface area contributed by atoms with E-state index in [1.54, 1.807) is 23.2 Å². The van der Waals surface area contributed by atoms with Crippen LogP contribution in [0.4, 0.5) is 10.8 Å². The molecule has 144 valence electrons. The monoisotopic (exact) mass is 413 g/mol. The Morgan fingerprint density at radius 3 is 2.75 bits per heavy atom. The van der Waals surface area contributed by atoms with Crippen molar-refractivity contribution in [1.29, 1.82) is 0 Å². The number of hydrogen-bond acceptors (Lipinski definition) is 7. The Labute approximate surface area is 171 Å². The lowest BCUT2D eigenvalue weighted by Crippen LogP contribution is -2.21. The van der Waals surface area contributed by atoms with E-state index in [9.17, 15) is 9.59 Å². The van der Waals surface area contributed by atoms with Gasteiger partial charge in [-0.15, -0.1) is 23.1 Å². The first kappa shape index (κ1) is 19.9. The lowest BCUT2D eigenvalue weighted by atomic mass is 10.2. The summed E-state index contributed by atoms with van der Waals surface area (Å²) in [5, 5.41) is 8.10. The number of nitrogens with one attached hydrogen (secondary N) is 2. The van der Waals surface area contributed by atoms with Crippen molar-refractivity contribution in [2.24, 2.45) is 0 Å². The highest BCUT2D eigenvalue weighted by Gasteiger charge is 2.14. The summed E-state index contributed by atoms with van der Waals surface area (Å²) in [5.41, 5.74) is 1.95. The number of hydrogen-bond donors (Lipinski definition) is 2. The van der Waals surface area contributed by atoms with Crippen molar-refractivity contribution in [3.8, 4) is 0 Å². The van der Waals surface area contributed by atoms with E-state index >= 15 is 0 Å². The molecule has 1 heterocycles. The smallest absolute Gasteiger partial charge is 0.358 e. The minimum Gasteiger partial charge on any atom is -0.451 e. The fourth-order valence-corrected chi connectivity index (χ4v) is 3.46. The zero-order valence-corrected chi connectivity index (χ0v) is 16.8. The highest BCUT2D eigenvalue weighted by Crippen LogP contribution is 2.19. The average molecular weight is 414 g/mol. The number of amides is 1. The van der Waals surface area contributed by atoms with Gasteiger partial charge in [0.15, 0.2) is 17.4 Å². The normalized spacial score (nSPS) is 10.3. The molecule has 28 heavy (non-hydrogen) atoms. The highest BCUT2D eigenvalue weighted by atomic mass is 32.2. The summed E-state index contributed by atoms with van der Waals surface area (Å²) in [6.45, 7) is 0.243. The summed E-state index contributed by atoms with van der Waals surface area (Å²) in [5.74, 6) is -1.03. The number of thiazole rings is 1. The molecular formula is C20H19N3O3S2. The topological polar surface area (TPSA) is 80.3 Å². The Balaban J connectivity index is 1.46. The Hall–Kier alpha value is -2.84. The fraction of sp³-hybridized carbons (Fsp3) is 0.150. The molecule has 0 spiro atoms. The number of esters is 1. The molecule has 2 aromatic carbocycles. The Bertz CT molecular complexity index is 945. The zero-order valence-electron chi connectivity index (χ0n) is 15.2. The molecular weight excluding hydrogens is 394 g/mol. The van der Waals surface area contributed by atoms with Crippen LogP contribution in [-0.4, -0.2) is 29.7 Å². The first-order valence-corrected chi connectivity index (χ1v) is 10.6. The first-order chi connectivity index (χ1) is 13.6. The van der Waals surface area contributed by atoms with Gasteiger partial charge in [-0.25, -0.2) is 9.78 Å². The van der Waals surface area contributed by atoms with Crippen molar-refractivity contribution in [1.82, 2.24) is 4.98 Å². The summed E-state index contributed by atoms with van der Waals surface area (Å²) in [6.07, 6.45) is 1.96. The zero-order chi connectivity index (χ0) is 19.8. The van der Waals surface area contributed by atoms with Crippen LogP contribution in [0, 0.1) is 0 Å². The van der Waals surface area contributed by atoms with Crippen molar-refractivity contribution in [2.75, 3.05) is 23.5 Å². The van der Waals surface area contributed by atoms with Crippen molar-refractivity contribution < 1.29 is 14.3 Å². The van der Waals surface area contributed by atoms with E-state index in [2.05, 4.69) is 15.6 Å². The van der Waals surface area contributed by atoms with Gasteiger partial charge < -0.3 is 15.4 Å². The van der Waals surface area contributed by atoms with E-state index in [1.165, 1.54) is 11.3 Å². The predicted molar refractivity (Wildman–Crippen MR) is 113 cm³/mol. The largest absolute Gasteiger partial charge is 0.451 e. The second-order valence-electron chi connectivity index (χ2n) is 5.73. The number of benzene rings is 2. The molecule has 2 N–H and O–H groups in total.